The summed E-state index contributed by atoms with van der Waals surface area (Å²) < 4.78 is 11.0. The van der Waals surface area contributed by atoms with Gasteiger partial charge < -0.3 is 14.4 Å². The van der Waals surface area contributed by atoms with Crippen LogP contribution in [0.5, 0.6) is 11.5 Å². The fourth-order valence-electron chi connectivity index (χ4n) is 3.60. The van der Waals surface area contributed by atoms with Crippen LogP contribution in [0.1, 0.15) is 16.1 Å². The third-order valence-electron chi connectivity index (χ3n) is 5.12. The van der Waals surface area contributed by atoms with E-state index >= 15 is 0 Å². The first-order chi connectivity index (χ1) is 15.1. The highest BCUT2D eigenvalue weighted by atomic mass is 32.1. The molecule has 0 atom stereocenters. The summed E-state index contributed by atoms with van der Waals surface area (Å²) in [5, 5.41) is 3.12. The van der Waals surface area contributed by atoms with E-state index in [1.54, 1.807) is 36.7 Å². The van der Waals surface area contributed by atoms with Gasteiger partial charge >= 0.3 is 0 Å². The zero-order valence-electron chi connectivity index (χ0n) is 17.6. The Hall–Kier alpha value is -3.38. The molecule has 6 heteroatoms. The zero-order valence-corrected chi connectivity index (χ0v) is 18.4. The molecule has 1 aliphatic heterocycles. The summed E-state index contributed by atoms with van der Waals surface area (Å²) in [6, 6.07) is 11.8. The number of rotatable bonds is 7. The average molecular weight is 433 g/mol. The molecule has 0 saturated carbocycles. The topological polar surface area (TPSA) is 51.7 Å². The number of thiazole rings is 1. The number of carbonyl (C=O) groups excluding carboxylic acids is 1. The molecule has 0 fully saturated rings. The van der Waals surface area contributed by atoms with Crippen molar-refractivity contribution in [2.75, 3.05) is 25.2 Å². The van der Waals surface area contributed by atoms with Crippen LogP contribution >= 0.6 is 11.3 Å². The molecule has 0 aliphatic carbocycles. The summed E-state index contributed by atoms with van der Waals surface area (Å²) in [6.45, 7) is 6.74. The second-order valence-corrected chi connectivity index (χ2v) is 8.24. The molecule has 0 radical (unpaired) electrons. The predicted octanol–water partition coefficient (Wildman–Crippen LogP) is 5.29. The first-order valence-corrected chi connectivity index (χ1v) is 10.9. The summed E-state index contributed by atoms with van der Waals surface area (Å²) >= 11 is 1.64. The molecule has 0 spiro atoms. The number of aryl methyl sites for hydroxylation is 1. The van der Waals surface area contributed by atoms with Crippen LogP contribution < -0.4 is 14.4 Å². The predicted molar refractivity (Wildman–Crippen MR) is 126 cm³/mol. The molecule has 158 valence electrons. The second-order valence-electron chi connectivity index (χ2n) is 7.18. The van der Waals surface area contributed by atoms with E-state index in [0.717, 1.165) is 33.9 Å². The van der Waals surface area contributed by atoms with Gasteiger partial charge in [0.25, 0.3) is 5.91 Å². The summed E-state index contributed by atoms with van der Waals surface area (Å²) in [5.74, 6) is 1.22. The minimum atomic E-state index is -0.0399. The first kappa shape index (κ1) is 20.9. The number of methoxy groups -OCH3 is 1. The SMILES string of the molecule is C=CCOc1ccc(/C=C/C(=O)N2CCc3cc(-c4csc(C)n4)ccc32)cc1OC. The quantitative estimate of drug-likeness (QED) is 0.376. The van der Waals surface area contributed by atoms with Crippen LogP contribution in [0.2, 0.25) is 0 Å². The van der Waals surface area contributed by atoms with Crippen LogP contribution in [0.15, 0.2) is 60.5 Å². The van der Waals surface area contributed by atoms with Crippen LogP contribution in [-0.2, 0) is 11.2 Å². The van der Waals surface area contributed by atoms with Crippen molar-refractivity contribution in [1.29, 1.82) is 0 Å². The van der Waals surface area contributed by atoms with Crippen molar-refractivity contribution in [3.8, 4) is 22.8 Å². The number of fused-ring (bicyclic) bond motifs is 1. The number of nitrogens with zero attached hydrogens (tertiary/aromatic N) is 2. The summed E-state index contributed by atoms with van der Waals surface area (Å²) in [4.78, 5) is 19.2. The maximum Gasteiger partial charge on any atom is 0.251 e. The largest absolute Gasteiger partial charge is 0.493 e. The standard InChI is InChI=1S/C25H24N2O3S/c1-4-13-30-23-9-5-18(14-24(23)29-3)6-10-25(28)27-12-11-20-15-19(7-8-22(20)27)21-16-31-17(2)26-21/h4-10,14-16H,1,11-13H2,2-3H3/b10-6+. The number of benzene rings is 2. The van der Waals surface area contributed by atoms with E-state index in [4.69, 9.17) is 9.47 Å². The fourth-order valence-corrected chi connectivity index (χ4v) is 4.22. The van der Waals surface area contributed by atoms with Crippen LogP contribution in [-0.4, -0.2) is 31.2 Å². The Labute approximate surface area is 186 Å². The van der Waals surface area contributed by atoms with Crippen molar-refractivity contribution >= 4 is 29.0 Å². The maximum absolute atomic E-state index is 12.9. The van der Waals surface area contributed by atoms with Crippen LogP contribution in [0.25, 0.3) is 17.3 Å². The number of carbonyl (C=O) groups is 1. The highest BCUT2D eigenvalue weighted by Crippen LogP contribution is 2.33. The molecule has 0 N–H and O–H groups in total. The number of ether oxygens (including phenoxy) is 2. The lowest BCUT2D eigenvalue weighted by Gasteiger charge is -2.15. The molecular formula is C25H24N2O3S. The Morgan fingerprint density at radius 3 is 2.87 bits per heavy atom. The third-order valence-corrected chi connectivity index (χ3v) is 5.89. The van der Waals surface area contributed by atoms with E-state index in [2.05, 4.69) is 23.0 Å². The van der Waals surface area contributed by atoms with E-state index < -0.39 is 0 Å². The zero-order chi connectivity index (χ0) is 21.8. The maximum atomic E-state index is 12.9. The van der Waals surface area contributed by atoms with Crippen molar-refractivity contribution in [3.05, 3.63) is 76.6 Å². The molecule has 1 amide bonds. The molecule has 31 heavy (non-hydrogen) atoms. The third kappa shape index (κ3) is 4.54. The molecule has 0 saturated heterocycles. The monoisotopic (exact) mass is 432 g/mol. The second kappa shape index (κ2) is 9.18. The lowest BCUT2D eigenvalue weighted by Crippen LogP contribution is -2.26. The van der Waals surface area contributed by atoms with Gasteiger partial charge in [0.2, 0.25) is 0 Å². The van der Waals surface area contributed by atoms with Gasteiger partial charge in [0.15, 0.2) is 11.5 Å². The van der Waals surface area contributed by atoms with Gasteiger partial charge in [-0.1, -0.05) is 24.8 Å². The Morgan fingerprint density at radius 1 is 1.26 bits per heavy atom. The summed E-state index contributed by atoms with van der Waals surface area (Å²) in [7, 11) is 1.59. The van der Waals surface area contributed by atoms with Gasteiger partial charge in [-0.25, -0.2) is 4.98 Å². The highest BCUT2D eigenvalue weighted by Gasteiger charge is 2.23. The fraction of sp³-hybridized carbons (Fsp3) is 0.200. The average Bonchev–Trinajstić information content (AvgIpc) is 3.42. The number of hydrogen-bond donors (Lipinski definition) is 0. The van der Waals surface area contributed by atoms with Gasteiger partial charge in [0, 0.05) is 29.3 Å². The molecule has 4 rings (SSSR count). The van der Waals surface area contributed by atoms with Gasteiger partial charge in [0.05, 0.1) is 17.8 Å². The number of aromatic nitrogens is 1. The van der Waals surface area contributed by atoms with E-state index in [-0.39, 0.29) is 5.91 Å². The lowest BCUT2D eigenvalue weighted by atomic mass is 10.1. The van der Waals surface area contributed by atoms with E-state index in [9.17, 15) is 4.79 Å². The van der Waals surface area contributed by atoms with E-state index in [1.807, 2.05) is 42.2 Å². The van der Waals surface area contributed by atoms with Crippen molar-refractivity contribution < 1.29 is 14.3 Å². The van der Waals surface area contributed by atoms with Gasteiger partial charge in [-0.3, -0.25) is 4.79 Å². The first-order valence-electron chi connectivity index (χ1n) is 10.1. The van der Waals surface area contributed by atoms with Crippen molar-refractivity contribution in [2.24, 2.45) is 0 Å². The van der Waals surface area contributed by atoms with Crippen molar-refractivity contribution in [1.82, 2.24) is 4.98 Å². The van der Waals surface area contributed by atoms with Crippen LogP contribution in [0.4, 0.5) is 5.69 Å². The highest BCUT2D eigenvalue weighted by molar-refractivity contribution is 7.09. The van der Waals surface area contributed by atoms with Gasteiger partial charge in [-0.2, -0.15) is 0 Å². The Bertz CT molecular complexity index is 1150. The van der Waals surface area contributed by atoms with Crippen molar-refractivity contribution in [3.63, 3.8) is 0 Å². The van der Waals surface area contributed by atoms with Crippen molar-refractivity contribution in [2.45, 2.75) is 13.3 Å². The minimum Gasteiger partial charge on any atom is -0.493 e. The van der Waals surface area contributed by atoms with E-state index in [0.29, 0.717) is 24.7 Å². The molecule has 1 aliphatic rings. The van der Waals surface area contributed by atoms with Crippen LogP contribution in [0, 0.1) is 6.92 Å². The van der Waals surface area contributed by atoms with Gasteiger partial charge in [-0.05, 0) is 54.8 Å². The molecule has 2 heterocycles. The minimum absolute atomic E-state index is 0.0399. The smallest absolute Gasteiger partial charge is 0.251 e. The molecule has 0 unspecified atom stereocenters. The molecule has 1 aromatic heterocycles. The van der Waals surface area contributed by atoms with Gasteiger partial charge in [-0.15, -0.1) is 11.3 Å². The Balaban J connectivity index is 1.49. The Morgan fingerprint density at radius 2 is 2.13 bits per heavy atom. The molecule has 3 aromatic rings. The molecule has 2 aromatic carbocycles. The summed E-state index contributed by atoms with van der Waals surface area (Å²) in [6.07, 6.45) is 5.92. The molecular weight excluding hydrogens is 408 g/mol. The van der Waals surface area contributed by atoms with E-state index in [1.165, 1.54) is 5.56 Å². The normalized spacial score (nSPS) is 12.8. The lowest BCUT2D eigenvalue weighted by molar-refractivity contribution is -0.114. The number of anilines is 1. The molecule has 0 bridgehead atoms. The number of amides is 1. The Kier molecular flexibility index (Phi) is 6.18. The number of hydrogen-bond acceptors (Lipinski definition) is 5. The summed E-state index contributed by atoms with van der Waals surface area (Å²) in [5.41, 5.74) is 5.10. The molecule has 5 nitrogen and oxygen atoms in total. The van der Waals surface area contributed by atoms with Gasteiger partial charge in [0.1, 0.15) is 6.61 Å². The van der Waals surface area contributed by atoms with Crippen LogP contribution in [0.3, 0.4) is 0 Å².